The molecule has 2 aliphatic heterocycles. The molecule has 13 heteroatoms. The van der Waals surface area contributed by atoms with Crippen LogP contribution in [0.2, 0.25) is 0 Å². The molecule has 4 rings (SSSR count). The van der Waals surface area contributed by atoms with Crippen LogP contribution in [-0.2, 0) is 45.1 Å². The Morgan fingerprint density at radius 1 is 0.952 bits per heavy atom. The molecule has 232 valence electrons. The second-order valence-corrected chi connectivity index (χ2v) is 13.5. The van der Waals surface area contributed by atoms with Crippen molar-refractivity contribution in [2.24, 2.45) is 17.0 Å². The number of ketones is 1. The number of sulfonamides is 1. The van der Waals surface area contributed by atoms with Gasteiger partial charge in [0.2, 0.25) is 27.7 Å². The number of Topliss-reactive ketones (excluding diaryl/α,β-unsaturated/α-hetero) is 1. The maximum absolute atomic E-state index is 13.7. The van der Waals surface area contributed by atoms with Crippen molar-refractivity contribution in [3.05, 3.63) is 29.8 Å². The molecule has 12 nitrogen and oxygen atoms in total. The van der Waals surface area contributed by atoms with E-state index in [-0.39, 0.29) is 28.9 Å². The molecule has 3 aliphatic rings. The van der Waals surface area contributed by atoms with Crippen molar-refractivity contribution >= 4 is 33.5 Å². The first-order chi connectivity index (χ1) is 19.9. The van der Waals surface area contributed by atoms with E-state index in [9.17, 15) is 27.6 Å². The van der Waals surface area contributed by atoms with E-state index in [0.717, 1.165) is 25.7 Å². The Kier molecular flexibility index (Phi) is 10.4. The SMILES string of the molecule is CC(NC(=O)C1CCOCC1)C(=O)NC(Cc1ccc(S(N)(=O)=O)cc1)C(=O)NC(CC1CCCC1)C(=O)C1(C)CO1. The summed E-state index contributed by atoms with van der Waals surface area (Å²) in [5.41, 5.74) is -0.361. The van der Waals surface area contributed by atoms with E-state index >= 15 is 0 Å². The zero-order valence-corrected chi connectivity index (χ0v) is 25.0. The summed E-state index contributed by atoms with van der Waals surface area (Å²) < 4.78 is 34.1. The molecule has 1 aromatic rings. The highest BCUT2D eigenvalue weighted by Crippen LogP contribution is 2.33. The van der Waals surface area contributed by atoms with Crippen molar-refractivity contribution in [1.82, 2.24) is 16.0 Å². The molecule has 1 saturated carbocycles. The summed E-state index contributed by atoms with van der Waals surface area (Å²) in [4.78, 5) is 52.8. The van der Waals surface area contributed by atoms with Crippen molar-refractivity contribution in [1.29, 1.82) is 0 Å². The van der Waals surface area contributed by atoms with Gasteiger partial charge in [-0.05, 0) is 56.7 Å². The fourth-order valence-corrected chi connectivity index (χ4v) is 6.13. The molecule has 4 atom stereocenters. The normalized spacial score (nSPS) is 23.4. The molecule has 4 unspecified atom stereocenters. The Morgan fingerprint density at radius 2 is 1.55 bits per heavy atom. The summed E-state index contributed by atoms with van der Waals surface area (Å²) in [5, 5.41) is 13.6. The smallest absolute Gasteiger partial charge is 0.243 e. The van der Waals surface area contributed by atoms with Crippen LogP contribution >= 0.6 is 0 Å². The van der Waals surface area contributed by atoms with Crippen LogP contribution in [0.3, 0.4) is 0 Å². The number of nitrogens with two attached hydrogens (primary N) is 1. The Bertz CT molecular complexity index is 1250. The molecule has 3 fully saturated rings. The van der Waals surface area contributed by atoms with Gasteiger partial charge < -0.3 is 25.4 Å². The fourth-order valence-electron chi connectivity index (χ4n) is 5.62. The summed E-state index contributed by atoms with van der Waals surface area (Å²) in [5.74, 6) is -1.50. The molecule has 42 heavy (non-hydrogen) atoms. The van der Waals surface area contributed by atoms with Crippen molar-refractivity contribution < 1.29 is 37.1 Å². The Balaban J connectivity index is 1.49. The van der Waals surface area contributed by atoms with E-state index in [1.54, 1.807) is 13.8 Å². The predicted octanol–water partition coefficient (Wildman–Crippen LogP) is 0.716. The van der Waals surface area contributed by atoms with Gasteiger partial charge in [0.25, 0.3) is 0 Å². The van der Waals surface area contributed by atoms with Crippen LogP contribution in [0, 0.1) is 11.8 Å². The number of carbonyl (C=O) groups excluding carboxylic acids is 4. The topological polar surface area (TPSA) is 186 Å². The molecular weight excluding hydrogens is 564 g/mol. The summed E-state index contributed by atoms with van der Waals surface area (Å²) >= 11 is 0. The lowest BCUT2D eigenvalue weighted by Crippen LogP contribution is -2.57. The lowest BCUT2D eigenvalue weighted by Gasteiger charge is -2.27. The largest absolute Gasteiger partial charge is 0.381 e. The van der Waals surface area contributed by atoms with Gasteiger partial charge in [0, 0.05) is 25.6 Å². The highest BCUT2D eigenvalue weighted by molar-refractivity contribution is 7.89. The molecule has 1 aromatic carbocycles. The third-order valence-corrected chi connectivity index (χ3v) is 9.37. The van der Waals surface area contributed by atoms with Gasteiger partial charge in [-0.15, -0.1) is 0 Å². The van der Waals surface area contributed by atoms with Gasteiger partial charge in [0.1, 0.15) is 17.7 Å². The number of primary sulfonamides is 1. The van der Waals surface area contributed by atoms with Crippen LogP contribution in [0.1, 0.15) is 64.4 Å². The van der Waals surface area contributed by atoms with Crippen LogP contribution in [0.4, 0.5) is 0 Å². The molecule has 0 radical (unpaired) electrons. The molecule has 2 saturated heterocycles. The van der Waals surface area contributed by atoms with Gasteiger partial charge in [-0.25, -0.2) is 13.6 Å². The van der Waals surface area contributed by atoms with Gasteiger partial charge in [0.05, 0.1) is 17.5 Å². The van der Waals surface area contributed by atoms with Gasteiger partial charge in [-0.1, -0.05) is 37.8 Å². The van der Waals surface area contributed by atoms with E-state index in [0.29, 0.717) is 50.6 Å². The summed E-state index contributed by atoms with van der Waals surface area (Å²) in [6.45, 7) is 4.51. The number of rotatable bonds is 13. The molecule has 2 heterocycles. The molecule has 0 spiro atoms. The molecule has 1 aliphatic carbocycles. The highest BCUT2D eigenvalue weighted by Gasteiger charge is 2.50. The van der Waals surface area contributed by atoms with Gasteiger partial charge in [0.15, 0.2) is 5.78 Å². The predicted molar refractivity (Wildman–Crippen MR) is 152 cm³/mol. The lowest BCUT2D eigenvalue weighted by atomic mass is 9.90. The molecule has 5 N–H and O–H groups in total. The minimum absolute atomic E-state index is 0.0151. The van der Waals surface area contributed by atoms with Crippen molar-refractivity contribution in [3.8, 4) is 0 Å². The number of amides is 3. The molecular formula is C29H42N4O8S. The van der Waals surface area contributed by atoms with E-state index in [1.807, 2.05) is 0 Å². The highest BCUT2D eigenvalue weighted by atomic mass is 32.2. The van der Waals surface area contributed by atoms with Crippen LogP contribution in [0.25, 0.3) is 0 Å². The molecule has 3 amide bonds. The van der Waals surface area contributed by atoms with E-state index in [4.69, 9.17) is 14.6 Å². The number of nitrogens with one attached hydrogen (secondary N) is 3. The molecule has 0 bridgehead atoms. The second kappa shape index (κ2) is 13.6. The quantitative estimate of drug-likeness (QED) is 0.237. The number of carbonyl (C=O) groups is 4. The number of hydrogen-bond donors (Lipinski definition) is 4. The van der Waals surface area contributed by atoms with E-state index in [1.165, 1.54) is 24.3 Å². The third kappa shape index (κ3) is 8.59. The minimum atomic E-state index is -3.91. The average Bonchev–Trinajstić information content (AvgIpc) is 3.50. The second-order valence-electron chi connectivity index (χ2n) is 11.9. The third-order valence-electron chi connectivity index (χ3n) is 8.44. The zero-order valence-electron chi connectivity index (χ0n) is 24.2. The summed E-state index contributed by atoms with van der Waals surface area (Å²) in [6.07, 6.45) is 5.77. The van der Waals surface area contributed by atoms with E-state index < -0.39 is 45.6 Å². The first-order valence-electron chi connectivity index (χ1n) is 14.6. The Hall–Kier alpha value is -2.87. The standard InChI is InChI=1S/C29H42N4O8S/c1-18(31-27(36)21-11-13-40-14-12-21)26(35)33-24(16-20-7-9-22(10-8-20)42(30,38)39)28(37)32-23(15-19-5-3-4-6-19)25(34)29(2)17-41-29/h7-10,18-19,21,23-24H,3-6,11-17H2,1-2H3,(H,31,36)(H,32,37)(H,33,35)(H2,30,38,39). The number of hydrogen-bond acceptors (Lipinski definition) is 8. The van der Waals surface area contributed by atoms with Crippen molar-refractivity contribution in [2.75, 3.05) is 19.8 Å². The Morgan fingerprint density at radius 3 is 2.12 bits per heavy atom. The van der Waals surface area contributed by atoms with Gasteiger partial charge in [-0.3, -0.25) is 19.2 Å². The number of ether oxygens (including phenoxy) is 2. The maximum atomic E-state index is 13.7. The lowest BCUT2D eigenvalue weighted by molar-refractivity contribution is -0.135. The van der Waals surface area contributed by atoms with Crippen LogP contribution in [-0.4, -0.2) is 75.5 Å². The van der Waals surface area contributed by atoms with Crippen LogP contribution in [0.5, 0.6) is 0 Å². The summed E-state index contributed by atoms with van der Waals surface area (Å²) in [7, 11) is -3.91. The number of epoxide rings is 1. The Labute approximate surface area is 246 Å². The number of benzene rings is 1. The minimum Gasteiger partial charge on any atom is -0.381 e. The maximum Gasteiger partial charge on any atom is 0.243 e. The van der Waals surface area contributed by atoms with Crippen molar-refractivity contribution in [2.45, 2.75) is 93.8 Å². The molecule has 0 aromatic heterocycles. The van der Waals surface area contributed by atoms with Crippen LogP contribution < -0.4 is 21.1 Å². The fraction of sp³-hybridized carbons (Fsp3) is 0.655. The first-order valence-corrected chi connectivity index (χ1v) is 16.2. The first kappa shape index (κ1) is 32.1. The monoisotopic (exact) mass is 606 g/mol. The summed E-state index contributed by atoms with van der Waals surface area (Å²) in [6, 6.07) is 2.89. The zero-order chi connectivity index (χ0) is 30.5. The van der Waals surface area contributed by atoms with Gasteiger partial charge >= 0.3 is 0 Å². The average molecular weight is 607 g/mol. The van der Waals surface area contributed by atoms with Crippen LogP contribution in [0.15, 0.2) is 29.2 Å². The van der Waals surface area contributed by atoms with Gasteiger partial charge in [-0.2, -0.15) is 0 Å². The van der Waals surface area contributed by atoms with Crippen molar-refractivity contribution in [3.63, 3.8) is 0 Å². The van der Waals surface area contributed by atoms with E-state index in [2.05, 4.69) is 16.0 Å².